The molecule has 2 N–H and O–H groups in total. The summed E-state index contributed by atoms with van der Waals surface area (Å²) < 4.78 is 0. The van der Waals surface area contributed by atoms with Gasteiger partial charge in [-0.25, -0.2) is 4.79 Å². The van der Waals surface area contributed by atoms with E-state index in [1.807, 2.05) is 6.07 Å². The van der Waals surface area contributed by atoms with Gasteiger partial charge in [0.2, 0.25) is 0 Å². The Kier molecular flexibility index (Phi) is 4.95. The second-order valence-corrected chi connectivity index (χ2v) is 3.90. The van der Waals surface area contributed by atoms with Gasteiger partial charge in [-0.3, -0.25) is 0 Å². The fraction of sp³-hybridized carbons (Fsp3) is 0.333. The van der Waals surface area contributed by atoms with Gasteiger partial charge in [0.25, 0.3) is 0 Å². The molecule has 0 radical (unpaired) electrons. The fourth-order valence-electron chi connectivity index (χ4n) is 1.62. The lowest BCUT2D eigenvalue weighted by Gasteiger charge is -2.13. The van der Waals surface area contributed by atoms with Crippen molar-refractivity contribution < 1.29 is 15.0 Å². The van der Waals surface area contributed by atoms with E-state index in [-0.39, 0.29) is 5.56 Å². The summed E-state index contributed by atoms with van der Waals surface area (Å²) in [6.45, 7) is 0. The molecule has 0 amide bonds. The number of nitriles is 1. The standard InChI is InChI=1S/C12H12ClNO3/c13-6-2-5-9-8(7-14)3-1-4-10(9)11(15)12(16)17/h1,3-4,11,15H,2,5-6H2,(H,16,17). The first kappa shape index (κ1) is 13.5. The van der Waals surface area contributed by atoms with Crippen LogP contribution in [0, 0.1) is 11.3 Å². The monoisotopic (exact) mass is 253 g/mol. The number of carboxylic acid groups (broad SMARTS) is 1. The maximum Gasteiger partial charge on any atom is 0.337 e. The average molecular weight is 254 g/mol. The molecule has 1 unspecified atom stereocenters. The molecule has 0 aliphatic heterocycles. The second kappa shape index (κ2) is 6.24. The highest BCUT2D eigenvalue weighted by molar-refractivity contribution is 6.17. The van der Waals surface area contributed by atoms with E-state index in [9.17, 15) is 9.90 Å². The zero-order chi connectivity index (χ0) is 12.8. The number of rotatable bonds is 5. The molecule has 0 fully saturated rings. The van der Waals surface area contributed by atoms with Crippen LogP contribution in [0.1, 0.15) is 29.2 Å². The van der Waals surface area contributed by atoms with Crippen molar-refractivity contribution in [2.24, 2.45) is 0 Å². The number of nitrogens with zero attached hydrogens (tertiary/aromatic N) is 1. The lowest BCUT2D eigenvalue weighted by atomic mass is 9.94. The summed E-state index contributed by atoms with van der Waals surface area (Å²) in [5.41, 5.74) is 1.21. The fourth-order valence-corrected chi connectivity index (χ4v) is 1.75. The number of aliphatic hydroxyl groups is 1. The highest BCUT2D eigenvalue weighted by Crippen LogP contribution is 2.23. The van der Waals surface area contributed by atoms with Crippen LogP contribution in [0.5, 0.6) is 0 Å². The normalized spacial score (nSPS) is 11.8. The lowest BCUT2D eigenvalue weighted by Crippen LogP contribution is -2.13. The first-order chi connectivity index (χ1) is 8.11. The molecule has 0 saturated carbocycles. The molecule has 0 spiro atoms. The van der Waals surface area contributed by atoms with Crippen LogP contribution in [0.25, 0.3) is 0 Å². The predicted octanol–water partition coefficient (Wildman–Crippen LogP) is 1.85. The summed E-state index contributed by atoms with van der Waals surface area (Å²) in [4.78, 5) is 10.8. The van der Waals surface area contributed by atoms with Gasteiger partial charge in [-0.2, -0.15) is 5.26 Å². The zero-order valence-corrected chi connectivity index (χ0v) is 9.81. The highest BCUT2D eigenvalue weighted by Gasteiger charge is 2.20. The topological polar surface area (TPSA) is 81.3 Å². The molecule has 90 valence electrons. The molecular formula is C12H12ClNO3. The van der Waals surface area contributed by atoms with Crippen molar-refractivity contribution in [3.05, 3.63) is 34.9 Å². The van der Waals surface area contributed by atoms with Crippen LogP contribution in [0.15, 0.2) is 18.2 Å². The van der Waals surface area contributed by atoms with Crippen molar-refractivity contribution in [1.82, 2.24) is 0 Å². The minimum absolute atomic E-state index is 0.265. The second-order valence-electron chi connectivity index (χ2n) is 3.52. The predicted molar refractivity (Wildman–Crippen MR) is 62.8 cm³/mol. The molecule has 0 aliphatic carbocycles. The van der Waals surface area contributed by atoms with Crippen LogP contribution in [-0.4, -0.2) is 22.1 Å². The average Bonchev–Trinajstić information content (AvgIpc) is 2.34. The molecular weight excluding hydrogens is 242 g/mol. The van der Waals surface area contributed by atoms with Crippen molar-refractivity contribution in [2.75, 3.05) is 5.88 Å². The Morgan fingerprint density at radius 3 is 2.76 bits per heavy atom. The first-order valence-corrected chi connectivity index (χ1v) is 5.64. The van der Waals surface area contributed by atoms with Gasteiger partial charge < -0.3 is 10.2 Å². The summed E-state index contributed by atoms with van der Waals surface area (Å²) in [5.74, 6) is -0.908. The minimum atomic E-state index is -1.60. The van der Waals surface area contributed by atoms with Crippen LogP contribution >= 0.6 is 11.6 Å². The molecule has 1 rings (SSSR count). The Morgan fingerprint density at radius 1 is 1.53 bits per heavy atom. The summed E-state index contributed by atoms with van der Waals surface area (Å²) in [6.07, 6.45) is -0.499. The van der Waals surface area contributed by atoms with E-state index in [0.29, 0.717) is 29.8 Å². The minimum Gasteiger partial charge on any atom is -0.479 e. The lowest BCUT2D eigenvalue weighted by molar-refractivity contribution is -0.147. The molecule has 1 aromatic rings. The number of alkyl halides is 1. The van der Waals surface area contributed by atoms with Crippen LogP contribution < -0.4 is 0 Å². The summed E-state index contributed by atoms with van der Waals surface area (Å²) in [7, 11) is 0. The van der Waals surface area contributed by atoms with Crippen molar-refractivity contribution in [3.63, 3.8) is 0 Å². The van der Waals surface area contributed by atoms with Gasteiger partial charge in [-0.05, 0) is 30.0 Å². The molecule has 0 bridgehead atoms. The van der Waals surface area contributed by atoms with E-state index in [4.69, 9.17) is 22.0 Å². The molecule has 0 heterocycles. The summed E-state index contributed by atoms with van der Waals surface area (Å²) in [5, 5.41) is 27.3. The first-order valence-electron chi connectivity index (χ1n) is 5.10. The molecule has 1 aromatic carbocycles. The SMILES string of the molecule is N#Cc1cccc(C(O)C(=O)O)c1CCCCl. The maximum absolute atomic E-state index is 10.8. The largest absolute Gasteiger partial charge is 0.479 e. The van der Waals surface area contributed by atoms with E-state index in [0.717, 1.165) is 0 Å². The number of hydrogen-bond donors (Lipinski definition) is 2. The van der Waals surface area contributed by atoms with Crippen LogP contribution in [0.2, 0.25) is 0 Å². The van der Waals surface area contributed by atoms with Crippen molar-refractivity contribution in [3.8, 4) is 6.07 Å². The van der Waals surface area contributed by atoms with Gasteiger partial charge in [-0.1, -0.05) is 12.1 Å². The van der Waals surface area contributed by atoms with Crippen LogP contribution in [0.3, 0.4) is 0 Å². The van der Waals surface area contributed by atoms with Crippen molar-refractivity contribution >= 4 is 17.6 Å². The summed E-state index contributed by atoms with van der Waals surface area (Å²) in [6, 6.07) is 6.67. The number of carbonyl (C=O) groups is 1. The Bertz CT molecular complexity index is 454. The van der Waals surface area contributed by atoms with Gasteiger partial charge in [0, 0.05) is 5.88 Å². The third-order valence-corrected chi connectivity index (χ3v) is 2.69. The number of aliphatic carboxylic acids is 1. The van der Waals surface area contributed by atoms with Gasteiger partial charge in [-0.15, -0.1) is 11.6 Å². The van der Waals surface area contributed by atoms with Gasteiger partial charge in [0.1, 0.15) is 0 Å². The van der Waals surface area contributed by atoms with Crippen molar-refractivity contribution in [2.45, 2.75) is 18.9 Å². The van der Waals surface area contributed by atoms with E-state index < -0.39 is 12.1 Å². The Balaban J connectivity index is 3.19. The van der Waals surface area contributed by atoms with Gasteiger partial charge in [0.15, 0.2) is 6.10 Å². The highest BCUT2D eigenvalue weighted by atomic mass is 35.5. The molecule has 0 aromatic heterocycles. The van der Waals surface area contributed by atoms with E-state index in [1.54, 1.807) is 12.1 Å². The molecule has 5 heteroatoms. The van der Waals surface area contributed by atoms with Gasteiger partial charge >= 0.3 is 5.97 Å². The molecule has 0 saturated heterocycles. The van der Waals surface area contributed by atoms with Crippen LogP contribution in [0.4, 0.5) is 0 Å². The zero-order valence-electron chi connectivity index (χ0n) is 9.06. The van der Waals surface area contributed by atoms with E-state index in [2.05, 4.69) is 0 Å². The number of hydrogen-bond acceptors (Lipinski definition) is 3. The maximum atomic E-state index is 10.8. The number of benzene rings is 1. The summed E-state index contributed by atoms with van der Waals surface area (Å²) >= 11 is 5.58. The number of carboxylic acids is 1. The number of halogens is 1. The molecule has 1 atom stereocenters. The Labute approximate surface area is 104 Å². The van der Waals surface area contributed by atoms with E-state index in [1.165, 1.54) is 6.07 Å². The van der Waals surface area contributed by atoms with E-state index >= 15 is 0 Å². The quantitative estimate of drug-likeness (QED) is 0.785. The van der Waals surface area contributed by atoms with Crippen molar-refractivity contribution in [1.29, 1.82) is 5.26 Å². The molecule has 4 nitrogen and oxygen atoms in total. The Hall–Kier alpha value is -1.57. The van der Waals surface area contributed by atoms with Crippen LogP contribution in [-0.2, 0) is 11.2 Å². The molecule has 17 heavy (non-hydrogen) atoms. The number of aliphatic hydroxyl groups excluding tert-OH is 1. The molecule has 0 aliphatic rings. The van der Waals surface area contributed by atoms with Gasteiger partial charge in [0.05, 0.1) is 11.6 Å². The smallest absolute Gasteiger partial charge is 0.337 e. The third kappa shape index (κ3) is 3.19. The Morgan fingerprint density at radius 2 is 2.24 bits per heavy atom. The third-order valence-electron chi connectivity index (χ3n) is 2.42.